The van der Waals surface area contributed by atoms with Crippen LogP contribution in [-0.4, -0.2) is 38.1 Å². The molecule has 1 saturated heterocycles. The molecule has 1 aromatic rings. The molecule has 3 N–H and O–H groups in total. The van der Waals surface area contributed by atoms with Crippen LogP contribution in [0, 0.1) is 0 Å². The van der Waals surface area contributed by atoms with Gasteiger partial charge in [-0.2, -0.15) is 0 Å². The van der Waals surface area contributed by atoms with Gasteiger partial charge in [0.05, 0.1) is 25.3 Å². The molecule has 1 aromatic carbocycles. The number of halogens is 1. The molecule has 3 rings (SSSR count). The van der Waals surface area contributed by atoms with Gasteiger partial charge in [0.25, 0.3) is 0 Å². The van der Waals surface area contributed by atoms with E-state index in [4.69, 9.17) is 31.5 Å². The van der Waals surface area contributed by atoms with Crippen LogP contribution in [0.3, 0.4) is 0 Å². The number of nitrogens with one attached hydrogen (secondary N) is 1. The van der Waals surface area contributed by atoms with Gasteiger partial charge in [0, 0.05) is 18.5 Å². The smallest absolute Gasteiger partial charge is 0.193 e. The summed E-state index contributed by atoms with van der Waals surface area (Å²) in [4.78, 5) is 4.38. The van der Waals surface area contributed by atoms with E-state index in [-0.39, 0.29) is 11.9 Å². The number of guanidine groups is 1. The third-order valence-electron chi connectivity index (χ3n) is 4.67. The van der Waals surface area contributed by atoms with Gasteiger partial charge >= 0.3 is 0 Å². The van der Waals surface area contributed by atoms with Crippen molar-refractivity contribution in [2.75, 3.05) is 25.6 Å². The van der Waals surface area contributed by atoms with Crippen LogP contribution in [0.1, 0.15) is 38.5 Å². The Balaban J connectivity index is 1.52. The van der Waals surface area contributed by atoms with Crippen molar-refractivity contribution < 1.29 is 14.2 Å². The number of nitrogens with two attached hydrogens (primary N) is 1. The fraction of sp³-hybridized carbons (Fsp3) is 0.611. The topological polar surface area (TPSA) is 78.1 Å². The van der Waals surface area contributed by atoms with Gasteiger partial charge in [-0.25, -0.2) is 0 Å². The maximum atomic E-state index is 6.17. The lowest BCUT2D eigenvalue weighted by Gasteiger charge is -2.26. The molecule has 6 nitrogen and oxygen atoms in total. The van der Waals surface area contributed by atoms with Crippen LogP contribution in [-0.2, 0) is 9.47 Å². The van der Waals surface area contributed by atoms with Crippen LogP contribution < -0.4 is 15.8 Å². The third-order valence-corrected chi connectivity index (χ3v) is 4.96. The number of benzene rings is 1. The second-order valence-electron chi connectivity index (χ2n) is 6.58. The van der Waals surface area contributed by atoms with E-state index in [9.17, 15) is 0 Å². The molecule has 1 aliphatic carbocycles. The average Bonchev–Trinajstić information content (AvgIpc) is 2.85. The molecular formula is C18H26ClN3O3. The Morgan fingerprint density at radius 2 is 2.12 bits per heavy atom. The van der Waals surface area contributed by atoms with E-state index in [1.54, 1.807) is 19.2 Å². The number of hydrogen-bond acceptors (Lipinski definition) is 4. The Morgan fingerprint density at radius 3 is 2.80 bits per heavy atom. The van der Waals surface area contributed by atoms with Crippen LogP contribution in [0.5, 0.6) is 5.75 Å². The van der Waals surface area contributed by atoms with E-state index in [2.05, 4.69) is 10.3 Å². The molecule has 138 valence electrons. The van der Waals surface area contributed by atoms with Crippen LogP contribution in [0.4, 0.5) is 5.69 Å². The van der Waals surface area contributed by atoms with E-state index >= 15 is 0 Å². The fourth-order valence-corrected chi connectivity index (χ4v) is 3.63. The van der Waals surface area contributed by atoms with E-state index in [0.717, 1.165) is 31.4 Å². The molecule has 0 radical (unpaired) electrons. The highest BCUT2D eigenvalue weighted by Gasteiger charge is 2.41. The van der Waals surface area contributed by atoms with E-state index in [0.29, 0.717) is 29.9 Å². The lowest BCUT2D eigenvalue weighted by atomic mass is 10.1. The minimum Gasteiger partial charge on any atom is -0.495 e. The van der Waals surface area contributed by atoms with Crippen molar-refractivity contribution in [2.24, 2.45) is 10.7 Å². The van der Waals surface area contributed by atoms with Crippen molar-refractivity contribution in [3.05, 3.63) is 23.2 Å². The minimum atomic E-state index is -0.387. The molecule has 1 saturated carbocycles. The van der Waals surface area contributed by atoms with Crippen molar-refractivity contribution in [1.82, 2.24) is 0 Å². The summed E-state index contributed by atoms with van der Waals surface area (Å²) in [5.41, 5.74) is 6.73. The van der Waals surface area contributed by atoms with E-state index in [1.807, 2.05) is 6.07 Å². The quantitative estimate of drug-likeness (QED) is 0.628. The summed E-state index contributed by atoms with van der Waals surface area (Å²) in [5.74, 6) is 0.558. The second-order valence-corrected chi connectivity index (χ2v) is 6.98. The van der Waals surface area contributed by atoms with Crippen LogP contribution >= 0.6 is 11.6 Å². The van der Waals surface area contributed by atoms with Crippen LogP contribution in [0.25, 0.3) is 0 Å². The second kappa shape index (κ2) is 8.25. The summed E-state index contributed by atoms with van der Waals surface area (Å²) in [6.45, 7) is 1.05. The Labute approximate surface area is 153 Å². The van der Waals surface area contributed by atoms with Gasteiger partial charge in [0.1, 0.15) is 11.9 Å². The lowest BCUT2D eigenvalue weighted by molar-refractivity contribution is -0.174. The highest BCUT2D eigenvalue weighted by Crippen LogP contribution is 2.36. The minimum absolute atomic E-state index is 0.0436. The van der Waals surface area contributed by atoms with Crippen molar-refractivity contribution in [3.8, 4) is 5.75 Å². The first kappa shape index (κ1) is 18.3. The summed E-state index contributed by atoms with van der Waals surface area (Å²) in [7, 11) is 1.58. The molecular weight excluding hydrogens is 342 g/mol. The van der Waals surface area contributed by atoms with Crippen molar-refractivity contribution in [1.29, 1.82) is 0 Å². The summed E-state index contributed by atoms with van der Waals surface area (Å²) < 4.78 is 17.3. The highest BCUT2D eigenvalue weighted by molar-refractivity contribution is 6.32. The first-order valence-electron chi connectivity index (χ1n) is 8.82. The molecule has 1 spiro atoms. The van der Waals surface area contributed by atoms with Gasteiger partial charge in [-0.1, -0.05) is 24.4 Å². The van der Waals surface area contributed by atoms with Crippen molar-refractivity contribution in [3.63, 3.8) is 0 Å². The van der Waals surface area contributed by atoms with Gasteiger partial charge in [0.2, 0.25) is 0 Å². The Hall–Kier alpha value is -1.50. The summed E-state index contributed by atoms with van der Waals surface area (Å²) in [6, 6.07) is 5.36. The maximum Gasteiger partial charge on any atom is 0.193 e. The van der Waals surface area contributed by atoms with Gasteiger partial charge in [-0.3, -0.25) is 4.99 Å². The van der Waals surface area contributed by atoms with E-state index in [1.165, 1.54) is 12.8 Å². The zero-order valence-electron chi connectivity index (χ0n) is 14.6. The summed E-state index contributed by atoms with van der Waals surface area (Å²) in [6.07, 6.45) is 6.77. The molecule has 0 amide bonds. The number of aliphatic imine (C=N–C) groups is 1. The maximum absolute atomic E-state index is 6.17. The number of rotatable bonds is 4. The molecule has 1 heterocycles. The van der Waals surface area contributed by atoms with E-state index < -0.39 is 0 Å². The molecule has 2 fully saturated rings. The largest absolute Gasteiger partial charge is 0.495 e. The van der Waals surface area contributed by atoms with Crippen LogP contribution in [0.15, 0.2) is 23.2 Å². The molecule has 0 aromatic heterocycles. The predicted octanol–water partition coefficient (Wildman–Crippen LogP) is 3.54. The van der Waals surface area contributed by atoms with Crippen LogP contribution in [0.2, 0.25) is 5.02 Å². The molecule has 0 bridgehead atoms. The first-order chi connectivity index (χ1) is 12.1. The molecule has 1 unspecified atom stereocenters. The predicted molar refractivity (Wildman–Crippen MR) is 99.4 cm³/mol. The highest BCUT2D eigenvalue weighted by atomic mass is 35.5. The van der Waals surface area contributed by atoms with Gasteiger partial charge in [0.15, 0.2) is 11.7 Å². The number of anilines is 1. The molecule has 25 heavy (non-hydrogen) atoms. The first-order valence-corrected chi connectivity index (χ1v) is 9.20. The van der Waals surface area contributed by atoms with Gasteiger partial charge in [-0.05, 0) is 31.0 Å². The molecule has 1 atom stereocenters. The molecule has 2 aliphatic rings. The molecule has 1 aliphatic heterocycles. The summed E-state index contributed by atoms with van der Waals surface area (Å²) in [5, 5.41) is 3.55. The number of hydrogen-bond donors (Lipinski definition) is 2. The number of methoxy groups -OCH3 is 1. The zero-order chi connectivity index (χ0) is 17.7. The lowest BCUT2D eigenvalue weighted by Crippen LogP contribution is -2.31. The monoisotopic (exact) mass is 367 g/mol. The Bertz CT molecular complexity index is 616. The molecule has 7 heteroatoms. The Morgan fingerprint density at radius 1 is 1.36 bits per heavy atom. The standard InChI is InChI=1S/C18H26ClN3O3/c1-23-16-7-6-13(10-15(16)19)22-17(20)21-11-14-12-24-18(25-14)8-4-2-3-5-9-18/h6-7,10,14H,2-5,8-9,11-12H2,1H3,(H3,20,21,22). The van der Waals surface area contributed by atoms with Gasteiger partial charge < -0.3 is 25.3 Å². The average molecular weight is 368 g/mol. The van der Waals surface area contributed by atoms with Crippen molar-refractivity contribution in [2.45, 2.75) is 50.4 Å². The third kappa shape index (κ3) is 4.77. The number of ether oxygens (including phenoxy) is 3. The zero-order valence-corrected chi connectivity index (χ0v) is 15.3. The SMILES string of the molecule is COc1ccc(NC(N)=NCC2COC3(CCCCCC3)O2)cc1Cl. The normalized spacial score (nSPS) is 23.4. The van der Waals surface area contributed by atoms with Crippen molar-refractivity contribution >= 4 is 23.2 Å². The Kier molecular flexibility index (Phi) is 6.04. The number of nitrogens with zero attached hydrogens (tertiary/aromatic N) is 1. The summed E-state index contributed by atoms with van der Waals surface area (Å²) >= 11 is 6.11. The van der Waals surface area contributed by atoms with Gasteiger partial charge in [-0.15, -0.1) is 0 Å². The fourth-order valence-electron chi connectivity index (χ4n) is 3.37.